The lowest BCUT2D eigenvalue weighted by Crippen LogP contribution is -2.30. The van der Waals surface area contributed by atoms with E-state index < -0.39 is 0 Å². The van der Waals surface area contributed by atoms with Crippen molar-refractivity contribution in [3.8, 4) is 0 Å². The van der Waals surface area contributed by atoms with Gasteiger partial charge in [0.1, 0.15) is 5.01 Å². The highest BCUT2D eigenvalue weighted by Crippen LogP contribution is 2.23. The zero-order valence-corrected chi connectivity index (χ0v) is 13.7. The standard InChI is InChI=1S/C16H19ClN2OS/c1-11(2)9-14(16-18-7-8-21-16)19-15(20)10-12-3-5-13(17)6-4-12/h3-8,11,14H,9-10H2,1-2H3,(H,19,20). The van der Waals surface area contributed by atoms with E-state index in [0.717, 1.165) is 17.0 Å². The average molecular weight is 323 g/mol. The number of hydrogen-bond acceptors (Lipinski definition) is 3. The van der Waals surface area contributed by atoms with E-state index >= 15 is 0 Å². The predicted octanol–water partition coefficient (Wildman–Crippen LogP) is 4.24. The van der Waals surface area contributed by atoms with Gasteiger partial charge in [0.2, 0.25) is 5.91 Å². The Balaban J connectivity index is 1.99. The van der Waals surface area contributed by atoms with Crippen molar-refractivity contribution in [1.29, 1.82) is 0 Å². The summed E-state index contributed by atoms with van der Waals surface area (Å²) < 4.78 is 0. The number of nitrogens with zero attached hydrogens (tertiary/aromatic N) is 1. The zero-order valence-electron chi connectivity index (χ0n) is 12.2. The molecule has 0 spiro atoms. The molecule has 0 saturated carbocycles. The topological polar surface area (TPSA) is 42.0 Å². The van der Waals surface area contributed by atoms with Gasteiger partial charge in [-0.1, -0.05) is 37.6 Å². The molecule has 0 aliphatic heterocycles. The normalized spacial score (nSPS) is 12.4. The van der Waals surface area contributed by atoms with Crippen molar-refractivity contribution in [2.75, 3.05) is 0 Å². The summed E-state index contributed by atoms with van der Waals surface area (Å²) in [5.74, 6) is 0.507. The number of benzene rings is 1. The summed E-state index contributed by atoms with van der Waals surface area (Å²) in [4.78, 5) is 16.5. The monoisotopic (exact) mass is 322 g/mol. The SMILES string of the molecule is CC(C)CC(NC(=O)Cc1ccc(Cl)cc1)c1nccs1. The largest absolute Gasteiger partial charge is 0.347 e. The Morgan fingerprint density at radius 2 is 2.05 bits per heavy atom. The first-order valence-electron chi connectivity index (χ1n) is 6.98. The molecule has 2 aromatic rings. The number of carbonyl (C=O) groups excluding carboxylic acids is 1. The number of hydrogen-bond donors (Lipinski definition) is 1. The lowest BCUT2D eigenvalue weighted by atomic mass is 10.0. The molecular weight excluding hydrogens is 304 g/mol. The highest BCUT2D eigenvalue weighted by atomic mass is 35.5. The first kappa shape index (κ1) is 16.0. The van der Waals surface area contributed by atoms with Crippen molar-refractivity contribution in [3.63, 3.8) is 0 Å². The van der Waals surface area contributed by atoms with Crippen LogP contribution in [-0.2, 0) is 11.2 Å². The van der Waals surface area contributed by atoms with Crippen LogP contribution in [0.25, 0.3) is 0 Å². The number of rotatable bonds is 6. The molecular formula is C16H19ClN2OS. The van der Waals surface area contributed by atoms with Gasteiger partial charge in [-0.2, -0.15) is 0 Å². The number of carbonyl (C=O) groups is 1. The molecule has 0 aliphatic rings. The average Bonchev–Trinajstić information content (AvgIpc) is 2.94. The summed E-state index contributed by atoms with van der Waals surface area (Å²) in [6, 6.07) is 7.35. The molecule has 0 bridgehead atoms. The summed E-state index contributed by atoms with van der Waals surface area (Å²) in [5.41, 5.74) is 0.958. The highest BCUT2D eigenvalue weighted by molar-refractivity contribution is 7.09. The van der Waals surface area contributed by atoms with E-state index in [4.69, 9.17) is 11.6 Å². The van der Waals surface area contributed by atoms with E-state index in [1.165, 1.54) is 0 Å². The molecule has 1 unspecified atom stereocenters. The second kappa shape index (κ2) is 7.57. The Labute approximate surface area is 134 Å². The van der Waals surface area contributed by atoms with Gasteiger partial charge in [0.15, 0.2) is 0 Å². The molecule has 21 heavy (non-hydrogen) atoms. The maximum Gasteiger partial charge on any atom is 0.224 e. The minimum absolute atomic E-state index is 0.00944. The third-order valence-corrected chi connectivity index (χ3v) is 4.21. The molecule has 0 aliphatic carbocycles. The number of thiazole rings is 1. The third-order valence-electron chi connectivity index (χ3n) is 3.07. The second-order valence-electron chi connectivity index (χ2n) is 5.42. The number of nitrogens with one attached hydrogen (secondary N) is 1. The van der Waals surface area contributed by atoms with Crippen LogP contribution in [0, 0.1) is 5.92 Å². The highest BCUT2D eigenvalue weighted by Gasteiger charge is 2.18. The molecule has 1 heterocycles. The van der Waals surface area contributed by atoms with E-state index in [1.54, 1.807) is 29.7 Å². The van der Waals surface area contributed by atoms with E-state index in [0.29, 0.717) is 17.4 Å². The van der Waals surface area contributed by atoms with E-state index in [-0.39, 0.29) is 11.9 Å². The molecule has 5 heteroatoms. The van der Waals surface area contributed by atoms with Gasteiger partial charge in [0.05, 0.1) is 12.5 Å². The zero-order chi connectivity index (χ0) is 15.2. The van der Waals surface area contributed by atoms with Gasteiger partial charge >= 0.3 is 0 Å². The molecule has 1 aromatic carbocycles. The number of aromatic nitrogens is 1. The van der Waals surface area contributed by atoms with Crippen molar-refractivity contribution in [3.05, 3.63) is 51.4 Å². The van der Waals surface area contributed by atoms with Crippen LogP contribution in [0.15, 0.2) is 35.8 Å². The summed E-state index contributed by atoms with van der Waals surface area (Å²) in [6.45, 7) is 4.29. The fourth-order valence-corrected chi connectivity index (χ4v) is 2.96. The van der Waals surface area contributed by atoms with Crippen molar-refractivity contribution in [1.82, 2.24) is 10.3 Å². The quantitative estimate of drug-likeness (QED) is 0.864. The Morgan fingerprint density at radius 1 is 1.33 bits per heavy atom. The fraction of sp³-hybridized carbons (Fsp3) is 0.375. The van der Waals surface area contributed by atoms with Crippen molar-refractivity contribution < 1.29 is 4.79 Å². The van der Waals surface area contributed by atoms with Gasteiger partial charge in [-0.25, -0.2) is 4.98 Å². The van der Waals surface area contributed by atoms with Crippen LogP contribution in [0.2, 0.25) is 5.02 Å². The lowest BCUT2D eigenvalue weighted by Gasteiger charge is -2.18. The molecule has 3 nitrogen and oxygen atoms in total. The lowest BCUT2D eigenvalue weighted by molar-refractivity contribution is -0.121. The molecule has 1 amide bonds. The summed E-state index contributed by atoms with van der Waals surface area (Å²) in [6.07, 6.45) is 3.02. The minimum atomic E-state index is -0.00944. The van der Waals surface area contributed by atoms with Crippen LogP contribution in [0.4, 0.5) is 0 Å². The molecule has 1 N–H and O–H groups in total. The molecule has 1 atom stereocenters. The molecule has 1 aromatic heterocycles. The summed E-state index contributed by atoms with van der Waals surface area (Å²) in [7, 11) is 0. The van der Waals surface area contributed by atoms with Crippen molar-refractivity contribution >= 4 is 28.8 Å². The van der Waals surface area contributed by atoms with Gasteiger partial charge in [-0.15, -0.1) is 11.3 Å². The van der Waals surface area contributed by atoms with Crippen LogP contribution >= 0.6 is 22.9 Å². The maximum atomic E-state index is 12.2. The van der Waals surface area contributed by atoms with Gasteiger partial charge < -0.3 is 5.32 Å². The van der Waals surface area contributed by atoms with Crippen LogP contribution in [0.3, 0.4) is 0 Å². The maximum absolute atomic E-state index is 12.2. The molecule has 0 saturated heterocycles. The molecule has 0 radical (unpaired) electrons. The third kappa shape index (κ3) is 5.14. The van der Waals surface area contributed by atoms with Crippen molar-refractivity contribution in [2.45, 2.75) is 32.7 Å². The fourth-order valence-electron chi connectivity index (χ4n) is 2.13. The van der Waals surface area contributed by atoms with Crippen molar-refractivity contribution in [2.24, 2.45) is 5.92 Å². The minimum Gasteiger partial charge on any atom is -0.347 e. The number of amides is 1. The van der Waals surface area contributed by atoms with E-state index in [2.05, 4.69) is 24.1 Å². The second-order valence-corrected chi connectivity index (χ2v) is 6.79. The predicted molar refractivity (Wildman–Crippen MR) is 87.6 cm³/mol. The Bertz CT molecular complexity index is 566. The van der Waals surface area contributed by atoms with E-state index in [1.807, 2.05) is 17.5 Å². The van der Waals surface area contributed by atoms with Gasteiger partial charge in [-0.05, 0) is 30.0 Å². The van der Waals surface area contributed by atoms with Crippen LogP contribution in [-0.4, -0.2) is 10.9 Å². The summed E-state index contributed by atoms with van der Waals surface area (Å²) in [5, 5.41) is 6.67. The smallest absolute Gasteiger partial charge is 0.224 e. The van der Waals surface area contributed by atoms with E-state index in [9.17, 15) is 4.79 Å². The first-order chi connectivity index (χ1) is 10.0. The van der Waals surface area contributed by atoms with Gasteiger partial charge in [-0.3, -0.25) is 4.79 Å². The van der Waals surface area contributed by atoms with Gasteiger partial charge in [0.25, 0.3) is 0 Å². The Kier molecular flexibility index (Phi) is 5.76. The van der Waals surface area contributed by atoms with Crippen LogP contribution in [0.5, 0.6) is 0 Å². The first-order valence-corrected chi connectivity index (χ1v) is 8.23. The van der Waals surface area contributed by atoms with Crippen LogP contribution < -0.4 is 5.32 Å². The molecule has 0 fully saturated rings. The summed E-state index contributed by atoms with van der Waals surface area (Å²) >= 11 is 7.43. The molecule has 112 valence electrons. The Hall–Kier alpha value is -1.39. The Morgan fingerprint density at radius 3 is 2.62 bits per heavy atom. The van der Waals surface area contributed by atoms with Crippen LogP contribution in [0.1, 0.15) is 36.9 Å². The number of halogens is 1. The molecule has 2 rings (SSSR count). The van der Waals surface area contributed by atoms with Gasteiger partial charge in [0, 0.05) is 16.6 Å².